The second kappa shape index (κ2) is 4.17. The Morgan fingerprint density at radius 3 is 2.09 bits per heavy atom. The molecule has 0 aromatic rings. The van der Waals surface area contributed by atoms with Crippen molar-refractivity contribution in [2.24, 2.45) is 5.41 Å². The molecule has 0 aliphatic rings. The zero-order valence-electron chi connectivity index (χ0n) is 7.85. The maximum absolute atomic E-state index is 3.75. The van der Waals surface area contributed by atoms with Crippen molar-refractivity contribution in [3.05, 3.63) is 37.0 Å². The van der Waals surface area contributed by atoms with Gasteiger partial charge in [-0.1, -0.05) is 52.2 Å². The van der Waals surface area contributed by atoms with Crippen LogP contribution in [0.15, 0.2) is 37.0 Å². The summed E-state index contributed by atoms with van der Waals surface area (Å²) in [6, 6.07) is 0. The van der Waals surface area contributed by atoms with Gasteiger partial charge in [0.1, 0.15) is 0 Å². The number of hydrogen-bond donors (Lipinski definition) is 0. The van der Waals surface area contributed by atoms with E-state index in [1.165, 1.54) is 5.57 Å². The monoisotopic (exact) mass is 150 g/mol. The van der Waals surface area contributed by atoms with Crippen LogP contribution in [0.5, 0.6) is 0 Å². The molecule has 0 saturated heterocycles. The van der Waals surface area contributed by atoms with E-state index in [0.29, 0.717) is 5.41 Å². The average Bonchev–Trinajstić information content (AvgIpc) is 1.84. The molecule has 0 radical (unpaired) electrons. The molecule has 0 rings (SSSR count). The summed E-state index contributed by atoms with van der Waals surface area (Å²) in [6.45, 7) is 14.0. The lowest BCUT2D eigenvalue weighted by Gasteiger charge is -2.18. The Hall–Kier alpha value is -0.780. The van der Waals surface area contributed by atoms with Gasteiger partial charge in [0, 0.05) is 0 Å². The molecule has 0 N–H and O–H groups in total. The van der Waals surface area contributed by atoms with Crippen molar-refractivity contribution in [1.82, 2.24) is 0 Å². The van der Waals surface area contributed by atoms with Crippen LogP contribution in [0.3, 0.4) is 0 Å². The van der Waals surface area contributed by atoms with Crippen molar-refractivity contribution in [3.8, 4) is 0 Å². The topological polar surface area (TPSA) is 0 Å². The highest BCUT2D eigenvalue weighted by molar-refractivity contribution is 5.21. The summed E-state index contributed by atoms with van der Waals surface area (Å²) >= 11 is 0. The quantitative estimate of drug-likeness (QED) is 0.538. The third kappa shape index (κ3) is 5.65. The van der Waals surface area contributed by atoms with E-state index in [-0.39, 0.29) is 0 Å². The van der Waals surface area contributed by atoms with Crippen LogP contribution >= 0.6 is 0 Å². The molecule has 0 aliphatic carbocycles. The minimum atomic E-state index is 0.336. The van der Waals surface area contributed by atoms with Crippen molar-refractivity contribution in [2.45, 2.75) is 27.2 Å². The van der Waals surface area contributed by atoms with E-state index in [1.54, 1.807) is 0 Å². The summed E-state index contributed by atoms with van der Waals surface area (Å²) in [7, 11) is 0. The maximum Gasteiger partial charge on any atom is -0.0230 e. The maximum atomic E-state index is 3.75. The van der Waals surface area contributed by atoms with E-state index >= 15 is 0 Å². The van der Waals surface area contributed by atoms with Gasteiger partial charge in [-0.3, -0.25) is 0 Å². The Bertz CT molecular complexity index is 165. The normalized spacial score (nSPS) is 12.8. The van der Waals surface area contributed by atoms with E-state index in [4.69, 9.17) is 0 Å². The van der Waals surface area contributed by atoms with Crippen molar-refractivity contribution in [1.29, 1.82) is 0 Å². The fourth-order valence-corrected chi connectivity index (χ4v) is 0.963. The molecule has 0 bridgehead atoms. The van der Waals surface area contributed by atoms with Gasteiger partial charge >= 0.3 is 0 Å². The Balaban J connectivity index is 4.20. The van der Waals surface area contributed by atoms with Gasteiger partial charge in [0.05, 0.1) is 0 Å². The van der Waals surface area contributed by atoms with Crippen LogP contribution in [0.4, 0.5) is 0 Å². The highest BCUT2D eigenvalue weighted by Crippen LogP contribution is 2.24. The minimum absolute atomic E-state index is 0.336. The zero-order valence-corrected chi connectivity index (χ0v) is 7.85. The van der Waals surface area contributed by atoms with Gasteiger partial charge in [-0.2, -0.15) is 0 Å². The van der Waals surface area contributed by atoms with E-state index in [9.17, 15) is 0 Å². The molecule has 0 saturated carbocycles. The number of rotatable bonds is 3. The smallest absolute Gasteiger partial charge is 0.0230 e. The van der Waals surface area contributed by atoms with Crippen LogP contribution in [-0.2, 0) is 0 Å². The lowest BCUT2D eigenvalue weighted by Crippen LogP contribution is -2.05. The SMILES string of the molecule is C=C/C=C(\C=C)CC(C)(C)C. The molecule has 0 atom stereocenters. The summed E-state index contributed by atoms with van der Waals surface area (Å²) in [5.41, 5.74) is 1.59. The van der Waals surface area contributed by atoms with Gasteiger partial charge in [-0.15, -0.1) is 0 Å². The van der Waals surface area contributed by atoms with E-state index in [2.05, 4.69) is 33.9 Å². The van der Waals surface area contributed by atoms with Crippen molar-refractivity contribution >= 4 is 0 Å². The first-order chi connectivity index (χ1) is 4.99. The first-order valence-electron chi connectivity index (χ1n) is 3.93. The van der Waals surface area contributed by atoms with E-state index in [1.807, 2.05) is 18.2 Å². The van der Waals surface area contributed by atoms with E-state index in [0.717, 1.165) is 6.42 Å². The zero-order chi connectivity index (χ0) is 8.91. The molecule has 0 unspecified atom stereocenters. The standard InChI is InChI=1S/C11H18/c1-6-8-10(7-2)9-11(3,4)5/h6-8H,1-2,9H2,3-5H3/b10-8+. The van der Waals surface area contributed by atoms with Crippen LogP contribution in [0, 0.1) is 5.41 Å². The third-order valence-corrected chi connectivity index (χ3v) is 1.33. The minimum Gasteiger partial charge on any atom is -0.0991 e. The highest BCUT2D eigenvalue weighted by atomic mass is 14.2. The Morgan fingerprint density at radius 1 is 1.27 bits per heavy atom. The Labute approximate surface area is 70.3 Å². The molecule has 11 heavy (non-hydrogen) atoms. The van der Waals surface area contributed by atoms with Gasteiger partial charge in [-0.25, -0.2) is 0 Å². The van der Waals surface area contributed by atoms with Crippen molar-refractivity contribution < 1.29 is 0 Å². The largest absolute Gasteiger partial charge is 0.0991 e. The molecule has 0 aliphatic heterocycles. The first kappa shape index (κ1) is 10.2. The van der Waals surface area contributed by atoms with Crippen LogP contribution in [0.1, 0.15) is 27.2 Å². The fourth-order valence-electron chi connectivity index (χ4n) is 0.963. The van der Waals surface area contributed by atoms with Crippen molar-refractivity contribution in [3.63, 3.8) is 0 Å². The second-order valence-electron chi connectivity index (χ2n) is 3.92. The highest BCUT2D eigenvalue weighted by Gasteiger charge is 2.10. The van der Waals surface area contributed by atoms with Crippen LogP contribution in [0.25, 0.3) is 0 Å². The molecular weight excluding hydrogens is 132 g/mol. The van der Waals surface area contributed by atoms with Crippen LogP contribution < -0.4 is 0 Å². The Morgan fingerprint density at radius 2 is 1.82 bits per heavy atom. The number of allylic oxidation sites excluding steroid dienone is 4. The summed E-state index contributed by atoms with van der Waals surface area (Å²) in [6.07, 6.45) is 6.77. The fraction of sp³-hybridized carbons (Fsp3) is 0.455. The first-order valence-corrected chi connectivity index (χ1v) is 3.93. The summed E-state index contributed by atoms with van der Waals surface area (Å²) in [5, 5.41) is 0. The molecule has 0 amide bonds. The lowest BCUT2D eigenvalue weighted by molar-refractivity contribution is 0.413. The molecule has 0 spiro atoms. The average molecular weight is 150 g/mol. The molecule has 0 heterocycles. The van der Waals surface area contributed by atoms with Crippen LogP contribution in [-0.4, -0.2) is 0 Å². The van der Waals surface area contributed by atoms with Crippen LogP contribution in [0.2, 0.25) is 0 Å². The molecular formula is C11H18. The molecule has 62 valence electrons. The molecule has 0 aromatic heterocycles. The predicted molar refractivity (Wildman–Crippen MR) is 52.5 cm³/mol. The summed E-state index contributed by atoms with van der Waals surface area (Å²) in [5.74, 6) is 0. The third-order valence-electron chi connectivity index (χ3n) is 1.33. The van der Waals surface area contributed by atoms with E-state index < -0.39 is 0 Å². The Kier molecular flexibility index (Phi) is 3.88. The molecule has 0 nitrogen and oxygen atoms in total. The van der Waals surface area contributed by atoms with Crippen molar-refractivity contribution in [2.75, 3.05) is 0 Å². The van der Waals surface area contributed by atoms with Gasteiger partial charge < -0.3 is 0 Å². The predicted octanol–water partition coefficient (Wildman–Crippen LogP) is 3.72. The summed E-state index contributed by atoms with van der Waals surface area (Å²) < 4.78 is 0. The molecule has 0 fully saturated rings. The molecule has 0 aromatic carbocycles. The second-order valence-corrected chi connectivity index (χ2v) is 3.92. The molecule has 0 heteroatoms. The lowest BCUT2D eigenvalue weighted by atomic mass is 9.88. The van der Waals surface area contributed by atoms with Gasteiger partial charge in [0.15, 0.2) is 0 Å². The van der Waals surface area contributed by atoms with Gasteiger partial charge in [-0.05, 0) is 17.4 Å². The number of hydrogen-bond acceptors (Lipinski definition) is 0. The van der Waals surface area contributed by atoms with Gasteiger partial charge in [0.2, 0.25) is 0 Å². The van der Waals surface area contributed by atoms with Gasteiger partial charge in [0.25, 0.3) is 0 Å². The summed E-state index contributed by atoms with van der Waals surface area (Å²) in [4.78, 5) is 0.